The lowest BCUT2D eigenvalue weighted by atomic mass is 9.97. The summed E-state index contributed by atoms with van der Waals surface area (Å²) in [6.07, 6.45) is 0. The predicted molar refractivity (Wildman–Crippen MR) is 159 cm³/mol. The van der Waals surface area contributed by atoms with Crippen molar-refractivity contribution >= 4 is 27.9 Å². The van der Waals surface area contributed by atoms with Crippen molar-refractivity contribution in [3.63, 3.8) is 0 Å². The predicted octanol–water partition coefficient (Wildman–Crippen LogP) is 3.84. The van der Waals surface area contributed by atoms with Crippen LogP contribution in [0.25, 0.3) is 11.3 Å². The molecule has 2 aliphatic rings. The van der Waals surface area contributed by atoms with Crippen LogP contribution in [0.5, 0.6) is 5.88 Å². The minimum atomic E-state index is -4.13. The highest BCUT2D eigenvalue weighted by molar-refractivity contribution is 7.92. The number of nitrogens with one attached hydrogen (secondary N) is 2. The van der Waals surface area contributed by atoms with Gasteiger partial charge in [0.2, 0.25) is 11.8 Å². The number of nitrogens with zero attached hydrogens (tertiary/aromatic N) is 4. The van der Waals surface area contributed by atoms with Gasteiger partial charge in [0.25, 0.3) is 15.9 Å². The second-order valence-electron chi connectivity index (χ2n) is 11.9. The van der Waals surface area contributed by atoms with Crippen molar-refractivity contribution < 1.29 is 22.7 Å². The van der Waals surface area contributed by atoms with Crippen molar-refractivity contribution in [2.45, 2.75) is 45.6 Å². The number of ether oxygens (including phenoxy) is 1. The summed E-state index contributed by atoms with van der Waals surface area (Å²) >= 11 is 0. The maximum atomic E-state index is 13.7. The van der Waals surface area contributed by atoms with E-state index in [-0.39, 0.29) is 59.3 Å². The molecule has 11 nitrogen and oxygen atoms in total. The third-order valence-electron chi connectivity index (χ3n) is 7.28. The zero-order chi connectivity index (χ0) is 30.2. The molecular weight excluding hydrogens is 556 g/mol. The Balaban J connectivity index is 1.55. The minimum absolute atomic E-state index is 0.0316. The number of hydrogen-bond acceptors (Lipinski definition) is 7. The van der Waals surface area contributed by atoms with Crippen LogP contribution in [0, 0.1) is 19.3 Å². The van der Waals surface area contributed by atoms with Crippen molar-refractivity contribution in [2.75, 3.05) is 37.5 Å². The molecule has 1 aromatic heterocycles. The molecular formula is C30H36N6O5S. The van der Waals surface area contributed by atoms with Crippen LogP contribution in [0.3, 0.4) is 0 Å². The van der Waals surface area contributed by atoms with Gasteiger partial charge in [-0.05, 0) is 48.6 Å². The van der Waals surface area contributed by atoms with Gasteiger partial charge in [0, 0.05) is 43.4 Å². The molecule has 1 saturated heterocycles. The van der Waals surface area contributed by atoms with Gasteiger partial charge in [0.1, 0.15) is 6.61 Å². The van der Waals surface area contributed by atoms with Gasteiger partial charge in [-0.2, -0.15) is 4.98 Å². The molecule has 42 heavy (non-hydrogen) atoms. The Bertz CT molecular complexity index is 1620. The Labute approximate surface area is 246 Å². The smallest absolute Gasteiger partial charge is 0.317 e. The van der Waals surface area contributed by atoms with Crippen molar-refractivity contribution in [1.29, 1.82) is 0 Å². The lowest BCUT2D eigenvalue weighted by molar-refractivity contribution is 0.0395. The molecule has 222 valence electrons. The molecule has 1 atom stereocenters. The maximum absolute atomic E-state index is 13.7. The van der Waals surface area contributed by atoms with E-state index >= 15 is 0 Å². The maximum Gasteiger partial charge on any atom is 0.317 e. The normalized spacial score (nSPS) is 18.4. The number of amides is 3. The van der Waals surface area contributed by atoms with Gasteiger partial charge in [0.05, 0.1) is 16.6 Å². The van der Waals surface area contributed by atoms with Crippen molar-refractivity contribution in [2.24, 2.45) is 5.41 Å². The van der Waals surface area contributed by atoms with Gasteiger partial charge < -0.3 is 19.9 Å². The first-order valence-electron chi connectivity index (χ1n) is 13.9. The number of fused-ring (bicyclic) bond motifs is 5. The van der Waals surface area contributed by atoms with Gasteiger partial charge in [-0.1, -0.05) is 45.0 Å². The Morgan fingerprint density at radius 3 is 2.50 bits per heavy atom. The van der Waals surface area contributed by atoms with Crippen LogP contribution in [-0.4, -0.2) is 79.0 Å². The Morgan fingerprint density at radius 2 is 1.79 bits per heavy atom. The highest BCUT2D eigenvalue weighted by Crippen LogP contribution is 2.30. The fraction of sp³-hybridized carbons (Fsp3) is 0.400. The summed E-state index contributed by atoms with van der Waals surface area (Å²) in [7, 11) is -4.13. The second kappa shape index (κ2) is 11.2. The van der Waals surface area contributed by atoms with E-state index in [1.54, 1.807) is 21.9 Å². The monoisotopic (exact) mass is 592 g/mol. The summed E-state index contributed by atoms with van der Waals surface area (Å²) in [4.78, 5) is 38.8. The summed E-state index contributed by atoms with van der Waals surface area (Å²) in [5.41, 5.74) is 3.39. The highest BCUT2D eigenvalue weighted by atomic mass is 32.2. The fourth-order valence-electron chi connectivity index (χ4n) is 5.12. The van der Waals surface area contributed by atoms with Gasteiger partial charge in [0.15, 0.2) is 0 Å². The van der Waals surface area contributed by atoms with E-state index < -0.39 is 16.1 Å². The first kappa shape index (κ1) is 29.3. The molecule has 1 fully saturated rings. The molecule has 0 saturated carbocycles. The Morgan fingerprint density at radius 1 is 1.07 bits per heavy atom. The van der Waals surface area contributed by atoms with Crippen molar-refractivity contribution in [3.8, 4) is 17.1 Å². The second-order valence-corrected chi connectivity index (χ2v) is 13.6. The number of benzene rings is 2. The number of sulfonamides is 1. The van der Waals surface area contributed by atoms with Crippen LogP contribution < -0.4 is 14.8 Å². The summed E-state index contributed by atoms with van der Waals surface area (Å²) in [5.74, 6) is -0.346. The van der Waals surface area contributed by atoms with Gasteiger partial charge in [-0.25, -0.2) is 22.9 Å². The quantitative estimate of drug-likeness (QED) is 0.462. The molecule has 3 heterocycles. The van der Waals surface area contributed by atoms with Crippen LogP contribution in [-0.2, 0) is 10.0 Å². The zero-order valence-corrected chi connectivity index (χ0v) is 25.3. The number of aryl methyl sites for hydroxylation is 2. The third-order valence-corrected chi connectivity index (χ3v) is 8.61. The molecule has 2 N–H and O–H groups in total. The van der Waals surface area contributed by atoms with Crippen molar-refractivity contribution in [1.82, 2.24) is 25.1 Å². The summed E-state index contributed by atoms with van der Waals surface area (Å²) in [6.45, 7) is 11.4. The molecule has 12 heteroatoms. The van der Waals surface area contributed by atoms with Gasteiger partial charge in [-0.15, -0.1) is 0 Å². The number of carbonyl (C=O) groups excluding carboxylic acids is 2. The van der Waals surface area contributed by atoms with E-state index in [0.29, 0.717) is 18.8 Å². The number of urea groups is 1. The number of anilines is 1. The first-order valence-corrected chi connectivity index (χ1v) is 15.3. The van der Waals surface area contributed by atoms with Crippen LogP contribution >= 0.6 is 0 Å². The average Bonchev–Trinajstić information content (AvgIpc) is 2.93. The van der Waals surface area contributed by atoms with Crippen LogP contribution in [0.4, 0.5) is 10.7 Å². The molecule has 2 aromatic carbocycles. The van der Waals surface area contributed by atoms with E-state index in [1.165, 1.54) is 18.2 Å². The number of rotatable bonds is 2. The molecule has 0 aliphatic carbocycles. The SMILES string of the molecule is Cc1cccc(C)c1-c1cc2nc(n1)NS(=O)(=O)c1cccc(c1)C(=O)N1CCN(C(=O)NCC(C)(C)C)CC1CO2. The Kier molecular flexibility index (Phi) is 7.84. The molecule has 0 spiro atoms. The largest absolute Gasteiger partial charge is 0.475 e. The van der Waals surface area contributed by atoms with Crippen molar-refractivity contribution in [3.05, 3.63) is 65.2 Å². The third kappa shape index (κ3) is 6.33. The van der Waals surface area contributed by atoms with E-state index in [9.17, 15) is 18.0 Å². The molecule has 4 bridgehead atoms. The highest BCUT2D eigenvalue weighted by Gasteiger charge is 2.35. The fourth-order valence-corrected chi connectivity index (χ4v) is 6.11. The molecule has 0 radical (unpaired) electrons. The molecule has 2 aliphatic heterocycles. The number of aromatic nitrogens is 2. The van der Waals surface area contributed by atoms with E-state index in [2.05, 4.69) is 20.0 Å². The lowest BCUT2D eigenvalue weighted by Crippen LogP contribution is -2.60. The Hall–Kier alpha value is -4.19. The topological polar surface area (TPSA) is 134 Å². The average molecular weight is 593 g/mol. The summed E-state index contributed by atoms with van der Waals surface area (Å²) in [6, 6.07) is 12.7. The van der Waals surface area contributed by atoms with E-state index in [4.69, 9.17) is 4.74 Å². The number of hydrogen-bond donors (Lipinski definition) is 2. The summed E-state index contributed by atoms with van der Waals surface area (Å²) in [5, 5.41) is 2.98. The number of carbonyl (C=O) groups is 2. The van der Waals surface area contributed by atoms with Crippen LogP contribution in [0.1, 0.15) is 42.3 Å². The number of piperazine rings is 1. The van der Waals surface area contributed by atoms with Gasteiger partial charge >= 0.3 is 6.03 Å². The first-order chi connectivity index (χ1) is 19.8. The van der Waals surface area contributed by atoms with Crippen LogP contribution in [0.15, 0.2) is 53.4 Å². The molecule has 1 unspecified atom stereocenters. The molecule has 3 aromatic rings. The van der Waals surface area contributed by atoms with E-state index in [1.807, 2.05) is 52.8 Å². The summed E-state index contributed by atoms with van der Waals surface area (Å²) < 4.78 is 35.4. The zero-order valence-electron chi connectivity index (χ0n) is 24.5. The standard InChI is InChI=1S/C30H36N6O5S/c1-19-8-6-9-20(2)26(19)24-15-25-33-28(32-24)34-42(39,40)23-11-7-10-21(14-23)27(37)36-13-12-35(16-22(36)17-41-25)29(38)31-18-30(3,4)5/h6-11,14-15,22H,12-13,16-18H2,1-5H3,(H,31,38)(H,32,33,34). The molecule has 3 amide bonds. The van der Waals surface area contributed by atoms with Crippen LogP contribution in [0.2, 0.25) is 0 Å². The van der Waals surface area contributed by atoms with E-state index in [0.717, 1.165) is 16.7 Å². The molecule has 5 rings (SSSR count). The van der Waals surface area contributed by atoms with Gasteiger partial charge in [-0.3, -0.25) is 4.79 Å². The lowest BCUT2D eigenvalue weighted by Gasteiger charge is -2.41. The minimum Gasteiger partial charge on any atom is -0.475 e.